The van der Waals surface area contributed by atoms with Crippen LogP contribution in [0.25, 0.3) is 6.08 Å². The first-order valence-electron chi connectivity index (χ1n) is 13.7. The Morgan fingerprint density at radius 2 is 1.40 bits per heavy atom. The summed E-state index contributed by atoms with van der Waals surface area (Å²) in [4.78, 5) is 40.1. The number of methoxy groups -OCH3 is 4. The highest BCUT2D eigenvalue weighted by molar-refractivity contribution is 8.00. The average Bonchev–Trinajstić information content (AvgIpc) is 3.07. The van der Waals surface area contributed by atoms with E-state index >= 15 is 0 Å². The van der Waals surface area contributed by atoms with Crippen molar-refractivity contribution in [1.29, 1.82) is 0 Å². The number of ether oxygens (including phenoxy) is 4. The topological polar surface area (TPSA) is 124 Å². The summed E-state index contributed by atoms with van der Waals surface area (Å²) in [7, 11) is 6.11. The summed E-state index contributed by atoms with van der Waals surface area (Å²) in [6.45, 7) is 0. The van der Waals surface area contributed by atoms with Gasteiger partial charge in [-0.05, 0) is 66.7 Å². The summed E-state index contributed by atoms with van der Waals surface area (Å²) in [6, 6.07) is 25.9. The Balaban J connectivity index is 1.51. The minimum atomic E-state index is -0.561. The van der Waals surface area contributed by atoms with Crippen LogP contribution in [0.1, 0.15) is 15.9 Å². The van der Waals surface area contributed by atoms with Crippen LogP contribution in [-0.4, -0.2) is 51.9 Å². The maximum atomic E-state index is 13.6. The first-order valence-corrected chi connectivity index (χ1v) is 14.7. The number of anilines is 2. The van der Waals surface area contributed by atoms with E-state index in [4.69, 9.17) is 18.9 Å². The molecule has 0 aliphatic rings. The largest absolute Gasteiger partial charge is 0.497 e. The van der Waals surface area contributed by atoms with Crippen LogP contribution in [0.2, 0.25) is 0 Å². The van der Waals surface area contributed by atoms with E-state index in [2.05, 4.69) is 16.0 Å². The van der Waals surface area contributed by atoms with Gasteiger partial charge < -0.3 is 34.9 Å². The van der Waals surface area contributed by atoms with E-state index in [1.807, 2.05) is 6.07 Å². The molecule has 0 aliphatic carbocycles. The lowest BCUT2D eigenvalue weighted by atomic mass is 10.1. The highest BCUT2D eigenvalue weighted by Crippen LogP contribution is 2.30. The zero-order valence-electron chi connectivity index (χ0n) is 25.2. The number of hydrogen-bond acceptors (Lipinski definition) is 8. The maximum absolute atomic E-state index is 13.6. The summed E-state index contributed by atoms with van der Waals surface area (Å²) in [6.07, 6.45) is 1.52. The first kappa shape index (κ1) is 32.5. The number of carbonyl (C=O) groups excluding carboxylic acids is 3. The van der Waals surface area contributed by atoms with Gasteiger partial charge in [-0.25, -0.2) is 0 Å². The second kappa shape index (κ2) is 15.9. The van der Waals surface area contributed by atoms with Crippen molar-refractivity contribution < 1.29 is 33.3 Å². The highest BCUT2D eigenvalue weighted by atomic mass is 32.2. The molecule has 0 bridgehead atoms. The molecular formula is C34H33N3O7S. The van der Waals surface area contributed by atoms with Crippen molar-refractivity contribution in [2.75, 3.05) is 44.8 Å². The van der Waals surface area contributed by atoms with Crippen LogP contribution in [0.4, 0.5) is 11.4 Å². The zero-order chi connectivity index (χ0) is 32.2. The van der Waals surface area contributed by atoms with E-state index in [9.17, 15) is 14.4 Å². The smallest absolute Gasteiger partial charge is 0.272 e. The SMILES string of the molecule is COc1ccc(OC)c(/C=C(/NC(=O)c2ccccc2)C(=O)Nc2cccc(SCC(=O)Nc3cc(OC)ccc3OC)c2)c1. The van der Waals surface area contributed by atoms with Crippen LogP contribution < -0.4 is 34.9 Å². The lowest BCUT2D eigenvalue weighted by Gasteiger charge is -2.14. The van der Waals surface area contributed by atoms with Crippen molar-refractivity contribution in [3.63, 3.8) is 0 Å². The van der Waals surface area contributed by atoms with E-state index in [0.717, 1.165) is 4.90 Å². The standard InChI is InChI=1S/C34H33N3O7S/c1-41-25-13-15-30(43-3)23(17-25)18-29(37-33(39)22-9-6-5-7-10-22)34(40)35-24-11-8-12-27(19-24)45-21-32(38)36-28-20-26(42-2)14-16-31(28)44-4/h5-20H,21H2,1-4H3,(H,35,40)(H,36,38)(H,37,39)/b29-18+. The molecule has 0 saturated carbocycles. The van der Waals surface area contributed by atoms with Crippen molar-refractivity contribution >= 4 is 46.9 Å². The highest BCUT2D eigenvalue weighted by Gasteiger charge is 2.17. The summed E-state index contributed by atoms with van der Waals surface area (Å²) in [5, 5.41) is 8.40. The van der Waals surface area contributed by atoms with Gasteiger partial charge in [0.25, 0.3) is 11.8 Å². The lowest BCUT2D eigenvalue weighted by molar-refractivity contribution is -0.114. The van der Waals surface area contributed by atoms with Crippen molar-refractivity contribution in [3.05, 3.63) is 108 Å². The molecule has 0 atom stereocenters. The van der Waals surface area contributed by atoms with Crippen LogP contribution in [0.15, 0.2) is 102 Å². The summed E-state index contributed by atoms with van der Waals surface area (Å²) in [5.74, 6) is 0.964. The van der Waals surface area contributed by atoms with Crippen molar-refractivity contribution in [2.45, 2.75) is 4.90 Å². The molecule has 0 heterocycles. The Bertz CT molecular complexity index is 1690. The van der Waals surface area contributed by atoms with E-state index in [0.29, 0.717) is 45.5 Å². The Hall–Kier alpha value is -5.42. The minimum Gasteiger partial charge on any atom is -0.497 e. The van der Waals surface area contributed by atoms with Gasteiger partial charge in [0, 0.05) is 27.8 Å². The van der Waals surface area contributed by atoms with Crippen molar-refractivity contribution in [2.24, 2.45) is 0 Å². The number of rotatable bonds is 13. The molecule has 232 valence electrons. The Labute approximate surface area is 265 Å². The van der Waals surface area contributed by atoms with Gasteiger partial charge in [-0.2, -0.15) is 0 Å². The molecule has 0 unspecified atom stereocenters. The third-order valence-electron chi connectivity index (χ3n) is 6.41. The number of hydrogen-bond donors (Lipinski definition) is 3. The Morgan fingerprint density at radius 3 is 2.09 bits per heavy atom. The number of nitrogens with one attached hydrogen (secondary N) is 3. The number of thioether (sulfide) groups is 1. The molecular weight excluding hydrogens is 594 g/mol. The molecule has 45 heavy (non-hydrogen) atoms. The molecule has 0 spiro atoms. The first-order chi connectivity index (χ1) is 21.8. The monoisotopic (exact) mass is 627 g/mol. The van der Waals surface area contributed by atoms with Crippen molar-refractivity contribution in [3.8, 4) is 23.0 Å². The van der Waals surface area contributed by atoms with Gasteiger partial charge >= 0.3 is 0 Å². The summed E-state index contributed by atoms with van der Waals surface area (Å²) < 4.78 is 21.4. The van der Waals surface area contributed by atoms with Gasteiger partial charge in [0.2, 0.25) is 5.91 Å². The van der Waals surface area contributed by atoms with Gasteiger partial charge in [-0.3, -0.25) is 14.4 Å². The fraction of sp³-hybridized carbons (Fsp3) is 0.147. The van der Waals surface area contributed by atoms with Crippen LogP contribution in [0.3, 0.4) is 0 Å². The van der Waals surface area contributed by atoms with Gasteiger partial charge in [0.15, 0.2) is 0 Å². The molecule has 11 heteroatoms. The zero-order valence-corrected chi connectivity index (χ0v) is 26.0. The molecule has 3 N–H and O–H groups in total. The predicted molar refractivity (Wildman–Crippen MR) is 175 cm³/mol. The number of amides is 3. The second-order valence-corrected chi connectivity index (χ2v) is 10.4. The second-order valence-electron chi connectivity index (χ2n) is 9.37. The Kier molecular flexibility index (Phi) is 11.5. The van der Waals surface area contributed by atoms with Crippen LogP contribution in [0.5, 0.6) is 23.0 Å². The molecule has 0 fully saturated rings. The minimum absolute atomic E-state index is 0.0138. The van der Waals surface area contributed by atoms with Crippen LogP contribution >= 0.6 is 11.8 Å². The molecule has 10 nitrogen and oxygen atoms in total. The quantitative estimate of drug-likeness (QED) is 0.124. The van der Waals surface area contributed by atoms with Gasteiger partial charge in [0.05, 0.1) is 39.9 Å². The molecule has 4 aromatic rings. The summed E-state index contributed by atoms with van der Waals surface area (Å²) >= 11 is 1.29. The van der Waals surface area contributed by atoms with E-state index in [1.165, 1.54) is 39.2 Å². The molecule has 3 amide bonds. The van der Waals surface area contributed by atoms with E-state index in [1.54, 1.807) is 92.0 Å². The van der Waals surface area contributed by atoms with E-state index in [-0.39, 0.29) is 17.4 Å². The molecule has 4 aromatic carbocycles. The normalized spacial score (nSPS) is 10.8. The van der Waals surface area contributed by atoms with Crippen LogP contribution in [-0.2, 0) is 9.59 Å². The fourth-order valence-electron chi connectivity index (χ4n) is 4.16. The van der Waals surface area contributed by atoms with Crippen molar-refractivity contribution in [1.82, 2.24) is 5.32 Å². The number of carbonyl (C=O) groups is 3. The summed E-state index contributed by atoms with van der Waals surface area (Å²) in [5.41, 5.74) is 1.86. The fourth-order valence-corrected chi connectivity index (χ4v) is 4.91. The molecule has 4 rings (SSSR count). The van der Waals surface area contributed by atoms with E-state index < -0.39 is 11.8 Å². The molecule has 0 aromatic heterocycles. The Morgan fingerprint density at radius 1 is 0.711 bits per heavy atom. The van der Waals surface area contributed by atoms with Crippen LogP contribution in [0, 0.1) is 0 Å². The molecule has 0 radical (unpaired) electrons. The molecule has 0 aliphatic heterocycles. The average molecular weight is 628 g/mol. The number of benzene rings is 4. The third-order valence-corrected chi connectivity index (χ3v) is 7.40. The lowest BCUT2D eigenvalue weighted by Crippen LogP contribution is -2.30. The van der Waals surface area contributed by atoms with Gasteiger partial charge in [-0.1, -0.05) is 24.3 Å². The van der Waals surface area contributed by atoms with Gasteiger partial charge in [0.1, 0.15) is 28.7 Å². The maximum Gasteiger partial charge on any atom is 0.272 e. The predicted octanol–water partition coefficient (Wildman–Crippen LogP) is 5.86. The van der Waals surface area contributed by atoms with Gasteiger partial charge in [-0.15, -0.1) is 11.8 Å². The third kappa shape index (κ3) is 9.04. The molecule has 0 saturated heterocycles.